The SMILES string of the molecule is CCC(N)(C#N)CCCN1CC2CCCN2CC1C. The van der Waals surface area contributed by atoms with E-state index in [1.54, 1.807) is 0 Å². The summed E-state index contributed by atoms with van der Waals surface area (Å²) in [6.07, 6.45) is 5.32. The maximum Gasteiger partial charge on any atom is 0.104 e. The van der Waals surface area contributed by atoms with E-state index in [1.165, 1.54) is 32.5 Å². The van der Waals surface area contributed by atoms with Crippen molar-refractivity contribution < 1.29 is 0 Å². The summed E-state index contributed by atoms with van der Waals surface area (Å²) >= 11 is 0. The molecule has 0 amide bonds. The first-order chi connectivity index (χ1) is 9.08. The molecule has 3 unspecified atom stereocenters. The molecule has 0 aromatic carbocycles. The number of rotatable bonds is 5. The Kier molecular flexibility index (Phi) is 4.83. The minimum absolute atomic E-state index is 0.613. The summed E-state index contributed by atoms with van der Waals surface area (Å²) in [5.74, 6) is 0. The maximum absolute atomic E-state index is 9.10. The zero-order valence-electron chi connectivity index (χ0n) is 12.4. The lowest BCUT2D eigenvalue weighted by Crippen LogP contribution is -2.55. The highest BCUT2D eigenvalue weighted by atomic mass is 15.3. The Morgan fingerprint density at radius 1 is 1.42 bits per heavy atom. The molecule has 0 aromatic heterocycles. The Hall–Kier alpha value is -0.630. The lowest BCUT2D eigenvalue weighted by Gasteiger charge is -2.42. The van der Waals surface area contributed by atoms with Crippen LogP contribution in [0.3, 0.4) is 0 Å². The van der Waals surface area contributed by atoms with Gasteiger partial charge in [0.15, 0.2) is 0 Å². The summed E-state index contributed by atoms with van der Waals surface area (Å²) in [6, 6.07) is 3.69. The van der Waals surface area contributed by atoms with Crippen LogP contribution < -0.4 is 5.73 Å². The van der Waals surface area contributed by atoms with E-state index in [0.29, 0.717) is 6.04 Å². The summed E-state index contributed by atoms with van der Waals surface area (Å²) in [5, 5.41) is 9.10. The molecule has 4 heteroatoms. The van der Waals surface area contributed by atoms with Crippen molar-refractivity contribution in [1.29, 1.82) is 5.26 Å². The highest BCUT2D eigenvalue weighted by molar-refractivity contribution is 5.03. The summed E-state index contributed by atoms with van der Waals surface area (Å²) in [6.45, 7) is 9.13. The molecule has 0 saturated carbocycles. The van der Waals surface area contributed by atoms with E-state index in [2.05, 4.69) is 22.8 Å². The highest BCUT2D eigenvalue weighted by Crippen LogP contribution is 2.25. The van der Waals surface area contributed by atoms with Gasteiger partial charge in [0, 0.05) is 25.2 Å². The molecule has 19 heavy (non-hydrogen) atoms. The summed E-state index contributed by atoms with van der Waals surface area (Å²) < 4.78 is 0. The Morgan fingerprint density at radius 2 is 2.21 bits per heavy atom. The third-order valence-corrected chi connectivity index (χ3v) is 4.99. The van der Waals surface area contributed by atoms with Crippen molar-refractivity contribution in [2.45, 2.75) is 63.6 Å². The van der Waals surface area contributed by atoms with E-state index in [4.69, 9.17) is 11.0 Å². The quantitative estimate of drug-likeness (QED) is 0.819. The zero-order chi connectivity index (χ0) is 13.9. The predicted molar refractivity (Wildman–Crippen MR) is 77.7 cm³/mol. The lowest BCUT2D eigenvalue weighted by atomic mass is 9.93. The van der Waals surface area contributed by atoms with Crippen molar-refractivity contribution in [2.75, 3.05) is 26.2 Å². The van der Waals surface area contributed by atoms with Crippen molar-refractivity contribution in [1.82, 2.24) is 9.80 Å². The molecule has 2 aliphatic heterocycles. The number of fused-ring (bicyclic) bond motifs is 1. The van der Waals surface area contributed by atoms with Gasteiger partial charge >= 0.3 is 0 Å². The van der Waals surface area contributed by atoms with Crippen LogP contribution in [-0.4, -0.2) is 53.6 Å². The fourth-order valence-electron chi connectivity index (χ4n) is 3.47. The minimum atomic E-state index is -0.613. The van der Waals surface area contributed by atoms with Gasteiger partial charge in [-0.3, -0.25) is 9.80 Å². The molecule has 2 saturated heterocycles. The summed E-state index contributed by atoms with van der Waals surface area (Å²) in [5.41, 5.74) is 5.43. The standard InChI is InChI=1S/C15H28N4/c1-3-15(17,12-16)7-5-9-18-11-14-6-4-8-19(14)10-13(18)2/h13-14H,3-11,17H2,1-2H3. The molecule has 2 fully saturated rings. The predicted octanol–water partition coefficient (Wildman–Crippen LogP) is 1.57. The number of nitrogens with zero attached hydrogens (tertiary/aromatic N) is 3. The molecule has 0 radical (unpaired) electrons. The Morgan fingerprint density at radius 3 is 2.89 bits per heavy atom. The van der Waals surface area contributed by atoms with Gasteiger partial charge in [-0.2, -0.15) is 5.26 Å². The van der Waals surface area contributed by atoms with Crippen LogP contribution in [0.4, 0.5) is 0 Å². The van der Waals surface area contributed by atoms with E-state index >= 15 is 0 Å². The largest absolute Gasteiger partial charge is 0.313 e. The maximum atomic E-state index is 9.10. The van der Waals surface area contributed by atoms with Gasteiger partial charge in [-0.25, -0.2) is 0 Å². The average molecular weight is 264 g/mol. The van der Waals surface area contributed by atoms with Crippen LogP contribution in [0.2, 0.25) is 0 Å². The van der Waals surface area contributed by atoms with E-state index < -0.39 is 5.54 Å². The van der Waals surface area contributed by atoms with E-state index in [1.807, 2.05) is 6.92 Å². The topological polar surface area (TPSA) is 56.3 Å². The number of nitriles is 1. The molecule has 2 rings (SSSR count). The van der Waals surface area contributed by atoms with Crippen LogP contribution >= 0.6 is 0 Å². The zero-order valence-corrected chi connectivity index (χ0v) is 12.4. The van der Waals surface area contributed by atoms with E-state index in [9.17, 15) is 0 Å². The van der Waals surface area contributed by atoms with Crippen molar-refractivity contribution in [3.63, 3.8) is 0 Å². The third-order valence-electron chi connectivity index (χ3n) is 4.99. The van der Waals surface area contributed by atoms with Crippen LogP contribution in [0, 0.1) is 11.3 Å². The number of piperazine rings is 1. The smallest absolute Gasteiger partial charge is 0.104 e. The molecular formula is C15H28N4. The van der Waals surface area contributed by atoms with Crippen molar-refractivity contribution in [2.24, 2.45) is 5.73 Å². The fraction of sp³-hybridized carbons (Fsp3) is 0.933. The van der Waals surface area contributed by atoms with Crippen LogP contribution in [0.5, 0.6) is 0 Å². The van der Waals surface area contributed by atoms with E-state index in [-0.39, 0.29) is 0 Å². The average Bonchev–Trinajstić information content (AvgIpc) is 2.85. The summed E-state index contributed by atoms with van der Waals surface area (Å²) in [7, 11) is 0. The van der Waals surface area contributed by atoms with Crippen LogP contribution in [-0.2, 0) is 0 Å². The molecule has 0 aliphatic carbocycles. The molecule has 3 atom stereocenters. The van der Waals surface area contributed by atoms with Gasteiger partial charge in [0.1, 0.15) is 5.54 Å². The van der Waals surface area contributed by atoms with Gasteiger partial charge in [0.2, 0.25) is 0 Å². The highest BCUT2D eigenvalue weighted by Gasteiger charge is 2.34. The second-order valence-corrected chi connectivity index (χ2v) is 6.36. The molecule has 0 aromatic rings. The monoisotopic (exact) mass is 264 g/mol. The van der Waals surface area contributed by atoms with Gasteiger partial charge in [0.05, 0.1) is 6.07 Å². The Bertz CT molecular complexity index is 338. The van der Waals surface area contributed by atoms with Gasteiger partial charge in [-0.15, -0.1) is 0 Å². The van der Waals surface area contributed by atoms with Crippen LogP contribution in [0.15, 0.2) is 0 Å². The first-order valence-corrected chi connectivity index (χ1v) is 7.76. The normalized spacial score (nSPS) is 31.7. The van der Waals surface area contributed by atoms with Gasteiger partial charge in [-0.05, 0) is 52.1 Å². The van der Waals surface area contributed by atoms with Gasteiger partial charge in [0.25, 0.3) is 0 Å². The fourth-order valence-corrected chi connectivity index (χ4v) is 3.47. The van der Waals surface area contributed by atoms with E-state index in [0.717, 1.165) is 31.8 Å². The second-order valence-electron chi connectivity index (χ2n) is 6.36. The number of hydrogen-bond acceptors (Lipinski definition) is 4. The van der Waals surface area contributed by atoms with Crippen LogP contribution in [0.25, 0.3) is 0 Å². The molecule has 2 aliphatic rings. The molecule has 0 spiro atoms. The third kappa shape index (κ3) is 3.47. The Labute approximate surface area is 117 Å². The van der Waals surface area contributed by atoms with Crippen LogP contribution in [0.1, 0.15) is 46.0 Å². The molecule has 0 bridgehead atoms. The Balaban J connectivity index is 1.78. The van der Waals surface area contributed by atoms with Crippen molar-refractivity contribution >= 4 is 0 Å². The molecule has 108 valence electrons. The van der Waals surface area contributed by atoms with Crippen molar-refractivity contribution in [3.8, 4) is 6.07 Å². The van der Waals surface area contributed by atoms with Crippen molar-refractivity contribution in [3.05, 3.63) is 0 Å². The first kappa shape index (κ1) is 14.8. The number of nitrogens with two attached hydrogens (primary N) is 1. The number of hydrogen-bond donors (Lipinski definition) is 1. The molecule has 4 nitrogen and oxygen atoms in total. The van der Waals surface area contributed by atoms with Gasteiger partial charge < -0.3 is 5.73 Å². The molecule has 2 heterocycles. The summed E-state index contributed by atoms with van der Waals surface area (Å²) in [4.78, 5) is 5.25. The second kappa shape index (κ2) is 6.21. The molecule has 2 N–H and O–H groups in total. The molecular weight excluding hydrogens is 236 g/mol. The minimum Gasteiger partial charge on any atom is -0.313 e. The first-order valence-electron chi connectivity index (χ1n) is 7.76. The van der Waals surface area contributed by atoms with Gasteiger partial charge in [-0.1, -0.05) is 6.92 Å². The lowest BCUT2D eigenvalue weighted by molar-refractivity contribution is 0.0576.